The minimum Gasteiger partial charge on any atom is -0.477 e. The second-order valence-electron chi connectivity index (χ2n) is 4.78. The molecule has 2 rings (SSSR count). The van der Waals surface area contributed by atoms with Crippen molar-refractivity contribution in [1.82, 2.24) is 4.57 Å². The fourth-order valence-electron chi connectivity index (χ4n) is 2.20. The van der Waals surface area contributed by atoms with Gasteiger partial charge in [-0.25, -0.2) is 9.18 Å². The molecule has 0 aliphatic carbocycles. The Bertz CT molecular complexity index is 783. The molecule has 0 radical (unpaired) electrons. The number of hydrogen-bond acceptors (Lipinski definition) is 2. The van der Waals surface area contributed by atoms with Crippen molar-refractivity contribution >= 4 is 17.6 Å². The lowest BCUT2D eigenvalue weighted by Gasteiger charge is -2.13. The number of benzene rings is 1. The molecule has 0 saturated heterocycles. The first-order valence-corrected chi connectivity index (χ1v) is 6.57. The number of halogens is 2. The molecule has 1 aromatic heterocycles. The molecule has 0 saturated carbocycles. The highest BCUT2D eigenvalue weighted by atomic mass is 35.5. The second-order valence-corrected chi connectivity index (χ2v) is 5.18. The number of carbonyl (C=O) groups is 1. The van der Waals surface area contributed by atoms with Gasteiger partial charge in [0.05, 0.1) is 6.54 Å². The summed E-state index contributed by atoms with van der Waals surface area (Å²) in [4.78, 5) is 23.5. The summed E-state index contributed by atoms with van der Waals surface area (Å²) in [5.74, 6) is -1.74. The molecule has 0 amide bonds. The number of carboxylic acid groups (broad SMARTS) is 1. The SMILES string of the molecule is Cc1cc(C)n(Cc2ccc(F)cc2Cl)c(=O)c1C(=O)O. The van der Waals surface area contributed by atoms with Gasteiger partial charge in [0.1, 0.15) is 11.4 Å². The van der Waals surface area contributed by atoms with Gasteiger partial charge in [0, 0.05) is 10.7 Å². The molecule has 1 N–H and O–H groups in total. The lowest BCUT2D eigenvalue weighted by Crippen LogP contribution is -2.29. The highest BCUT2D eigenvalue weighted by molar-refractivity contribution is 6.31. The van der Waals surface area contributed by atoms with Crippen LogP contribution >= 0.6 is 11.6 Å². The van der Waals surface area contributed by atoms with E-state index >= 15 is 0 Å². The van der Waals surface area contributed by atoms with Gasteiger partial charge in [-0.3, -0.25) is 4.79 Å². The third kappa shape index (κ3) is 2.97. The summed E-state index contributed by atoms with van der Waals surface area (Å²) in [7, 11) is 0. The van der Waals surface area contributed by atoms with Crippen LogP contribution in [-0.2, 0) is 6.54 Å². The molecule has 0 atom stereocenters. The van der Waals surface area contributed by atoms with E-state index in [2.05, 4.69) is 0 Å². The van der Waals surface area contributed by atoms with Gasteiger partial charge in [0.25, 0.3) is 5.56 Å². The van der Waals surface area contributed by atoms with E-state index in [1.165, 1.54) is 16.7 Å². The Morgan fingerprint density at radius 2 is 2.00 bits per heavy atom. The van der Waals surface area contributed by atoms with Gasteiger partial charge < -0.3 is 9.67 Å². The third-order valence-electron chi connectivity index (χ3n) is 3.26. The molecule has 6 heteroatoms. The summed E-state index contributed by atoms with van der Waals surface area (Å²) in [6.07, 6.45) is 0. The summed E-state index contributed by atoms with van der Waals surface area (Å²) in [6.45, 7) is 3.37. The van der Waals surface area contributed by atoms with E-state index in [0.29, 0.717) is 16.8 Å². The van der Waals surface area contributed by atoms with Crippen LogP contribution < -0.4 is 5.56 Å². The molecule has 2 aromatic rings. The van der Waals surface area contributed by atoms with Crippen molar-refractivity contribution < 1.29 is 14.3 Å². The van der Waals surface area contributed by atoms with Gasteiger partial charge in [0.2, 0.25) is 0 Å². The van der Waals surface area contributed by atoms with Crippen molar-refractivity contribution in [1.29, 1.82) is 0 Å². The Morgan fingerprint density at radius 3 is 2.57 bits per heavy atom. The Morgan fingerprint density at radius 1 is 1.33 bits per heavy atom. The summed E-state index contributed by atoms with van der Waals surface area (Å²) in [5.41, 5.74) is 0.706. The van der Waals surface area contributed by atoms with Crippen LogP contribution in [0.15, 0.2) is 29.1 Å². The van der Waals surface area contributed by atoms with Gasteiger partial charge in [-0.2, -0.15) is 0 Å². The highest BCUT2D eigenvalue weighted by Gasteiger charge is 2.17. The van der Waals surface area contributed by atoms with E-state index in [0.717, 1.165) is 6.07 Å². The Labute approximate surface area is 125 Å². The summed E-state index contributed by atoms with van der Waals surface area (Å²) in [5, 5.41) is 9.32. The van der Waals surface area contributed by atoms with Crippen LogP contribution in [0.2, 0.25) is 5.02 Å². The molecular formula is C15H13ClFNO3. The topological polar surface area (TPSA) is 59.3 Å². The van der Waals surface area contributed by atoms with E-state index in [1.54, 1.807) is 19.9 Å². The maximum absolute atomic E-state index is 13.0. The molecule has 4 nitrogen and oxygen atoms in total. The van der Waals surface area contributed by atoms with Gasteiger partial charge in [-0.15, -0.1) is 0 Å². The third-order valence-corrected chi connectivity index (χ3v) is 3.61. The average Bonchev–Trinajstić information content (AvgIpc) is 2.35. The molecular weight excluding hydrogens is 297 g/mol. The maximum atomic E-state index is 13.0. The molecule has 0 aliphatic heterocycles. The average molecular weight is 310 g/mol. The molecule has 0 spiro atoms. The fourth-order valence-corrected chi connectivity index (χ4v) is 2.43. The lowest BCUT2D eigenvalue weighted by atomic mass is 10.1. The number of aromatic carboxylic acids is 1. The van der Waals surface area contributed by atoms with Crippen LogP contribution in [0.25, 0.3) is 0 Å². The first-order valence-electron chi connectivity index (χ1n) is 6.19. The first-order chi connectivity index (χ1) is 9.81. The van der Waals surface area contributed by atoms with Crippen molar-refractivity contribution in [2.45, 2.75) is 20.4 Å². The predicted octanol–water partition coefficient (Wildman–Crippen LogP) is 3.00. The molecule has 110 valence electrons. The Balaban J connectivity index is 2.57. The van der Waals surface area contributed by atoms with E-state index in [4.69, 9.17) is 16.7 Å². The first kappa shape index (κ1) is 15.3. The number of nitrogens with zero attached hydrogens (tertiary/aromatic N) is 1. The molecule has 1 heterocycles. The maximum Gasteiger partial charge on any atom is 0.341 e. The number of aryl methyl sites for hydroxylation is 2. The van der Waals surface area contributed by atoms with E-state index < -0.39 is 17.3 Å². The van der Waals surface area contributed by atoms with Crippen LogP contribution in [0.5, 0.6) is 0 Å². The molecule has 0 bridgehead atoms. The van der Waals surface area contributed by atoms with Crippen molar-refractivity contribution in [2.24, 2.45) is 0 Å². The number of rotatable bonds is 3. The molecule has 0 fully saturated rings. The molecule has 0 unspecified atom stereocenters. The Hall–Kier alpha value is -2.14. The smallest absolute Gasteiger partial charge is 0.341 e. The van der Waals surface area contributed by atoms with Crippen LogP contribution in [0.4, 0.5) is 4.39 Å². The van der Waals surface area contributed by atoms with Crippen molar-refractivity contribution in [3.05, 3.63) is 67.8 Å². The van der Waals surface area contributed by atoms with Crippen molar-refractivity contribution in [2.75, 3.05) is 0 Å². The van der Waals surface area contributed by atoms with E-state index in [1.807, 2.05) is 0 Å². The zero-order valence-electron chi connectivity index (χ0n) is 11.5. The molecule has 0 aliphatic rings. The Kier molecular flexibility index (Phi) is 4.14. The summed E-state index contributed by atoms with van der Waals surface area (Å²) >= 11 is 5.95. The van der Waals surface area contributed by atoms with Crippen molar-refractivity contribution in [3.63, 3.8) is 0 Å². The van der Waals surface area contributed by atoms with Gasteiger partial charge in [-0.05, 0) is 43.2 Å². The van der Waals surface area contributed by atoms with Gasteiger partial charge in [0.15, 0.2) is 0 Å². The minimum absolute atomic E-state index is 0.0876. The number of aromatic nitrogens is 1. The summed E-state index contributed by atoms with van der Waals surface area (Å²) in [6, 6.07) is 5.50. The van der Waals surface area contributed by atoms with E-state index in [-0.39, 0.29) is 17.1 Å². The minimum atomic E-state index is -1.27. The zero-order chi connectivity index (χ0) is 15.7. The predicted molar refractivity (Wildman–Crippen MR) is 77.6 cm³/mol. The van der Waals surface area contributed by atoms with Crippen LogP contribution in [-0.4, -0.2) is 15.6 Å². The lowest BCUT2D eigenvalue weighted by molar-refractivity contribution is 0.0693. The quantitative estimate of drug-likeness (QED) is 0.948. The van der Waals surface area contributed by atoms with Crippen LogP contribution in [0, 0.1) is 19.7 Å². The van der Waals surface area contributed by atoms with Crippen molar-refractivity contribution in [3.8, 4) is 0 Å². The second kappa shape index (κ2) is 5.69. The van der Waals surface area contributed by atoms with Crippen LogP contribution in [0.1, 0.15) is 27.2 Å². The van der Waals surface area contributed by atoms with Crippen LogP contribution in [0.3, 0.4) is 0 Å². The fraction of sp³-hybridized carbons (Fsp3) is 0.200. The highest BCUT2D eigenvalue weighted by Crippen LogP contribution is 2.19. The number of carboxylic acids is 1. The molecule has 1 aromatic carbocycles. The molecule has 21 heavy (non-hydrogen) atoms. The van der Waals surface area contributed by atoms with E-state index in [9.17, 15) is 14.0 Å². The zero-order valence-corrected chi connectivity index (χ0v) is 12.2. The normalized spacial score (nSPS) is 10.7. The van der Waals surface area contributed by atoms with Gasteiger partial charge >= 0.3 is 5.97 Å². The number of pyridine rings is 1. The number of hydrogen-bond donors (Lipinski definition) is 1. The standard InChI is InChI=1S/C15H13ClFNO3/c1-8-5-9(2)18(14(19)13(8)15(20)21)7-10-3-4-11(17)6-12(10)16/h3-6H,7H2,1-2H3,(H,20,21). The monoisotopic (exact) mass is 309 g/mol. The van der Waals surface area contributed by atoms with Gasteiger partial charge in [-0.1, -0.05) is 17.7 Å². The summed E-state index contributed by atoms with van der Waals surface area (Å²) < 4.78 is 14.4. The largest absolute Gasteiger partial charge is 0.477 e.